The Morgan fingerprint density at radius 3 is 1.19 bits per heavy atom. The lowest BCUT2D eigenvalue weighted by Gasteiger charge is -2.39. The number of nitrogens with zero attached hydrogens (tertiary/aromatic N) is 4. The van der Waals surface area contributed by atoms with Gasteiger partial charge in [0.05, 0.1) is 37.4 Å². The third-order valence-corrected chi connectivity index (χ3v) is 17.8. The summed E-state index contributed by atoms with van der Waals surface area (Å²) in [5, 5.41) is 39.7. The molecular weight excluding hydrogens is 1090 g/mol. The van der Waals surface area contributed by atoms with Gasteiger partial charge in [-0.25, -0.2) is 0 Å². The number of likely N-dealkylation sites (N-methyl/N-ethyl adjacent to an activating group) is 2. The molecule has 0 aromatic heterocycles. The second-order valence-electron chi connectivity index (χ2n) is 23.7. The number of benzene rings is 4. The van der Waals surface area contributed by atoms with Crippen LogP contribution in [-0.2, 0) is 41.6 Å². The van der Waals surface area contributed by atoms with Crippen LogP contribution in [0.4, 0.5) is 0 Å². The molecule has 4 aromatic carbocycles. The summed E-state index contributed by atoms with van der Waals surface area (Å²) >= 11 is 0. The fourth-order valence-electron chi connectivity index (χ4n) is 12.5. The van der Waals surface area contributed by atoms with Gasteiger partial charge in [0.1, 0.15) is 24.4 Å². The van der Waals surface area contributed by atoms with Gasteiger partial charge in [-0.05, 0) is 125 Å². The molecule has 0 bridgehead atoms. The van der Waals surface area contributed by atoms with E-state index in [1.807, 2.05) is 60.7 Å². The number of hydrogen-bond acceptors (Lipinski definition) is 12. The third-order valence-electron chi connectivity index (χ3n) is 17.8. The summed E-state index contributed by atoms with van der Waals surface area (Å²) in [4.78, 5) is 118. The number of nitrogens with one attached hydrogen (secondary N) is 6. The molecule has 4 fully saturated rings. The zero-order valence-corrected chi connectivity index (χ0v) is 50.3. The predicted molar refractivity (Wildman–Crippen MR) is 327 cm³/mol. The molecule has 2 saturated heterocycles. The molecule has 0 spiro atoms. The standard InChI is InChI=1S/C66H88N10O10/c1-43(67-3)61(81)71-59(49-21-13-7-14-22-49)65(85)75-41-53(77)37-55(75)73(35-33-45-17-9-5-10-18-45)57(79)39-69-63(83)51-29-25-47(26-30-51)48-27-31-52(32-28-48)64(84)70-40-58(80)74(36-34-46-19-11-6-12-20-46)56-38-54(78)42-76(56)66(86)60(50-23-15-8-16-24-50)72-62(82)44(2)68-4/h5-6,9-12,17-20,25-32,43-44,49-50,53-56,59-60,67-68,77-78H,7-8,13-16,21-24,33-42H2,1-4H3,(H,69,83)(H,70,84)(H,71,81)(H,72,82)/t43-,44-,53-,54-,55?,56?,59-,60-/m0/s1. The lowest BCUT2D eigenvalue weighted by atomic mass is 9.83. The lowest BCUT2D eigenvalue weighted by Crippen LogP contribution is -2.60. The molecule has 20 heteroatoms. The Morgan fingerprint density at radius 1 is 0.500 bits per heavy atom. The maximum absolute atomic E-state index is 14.7. The van der Waals surface area contributed by atoms with Gasteiger partial charge >= 0.3 is 0 Å². The van der Waals surface area contributed by atoms with E-state index in [4.69, 9.17) is 0 Å². The molecule has 8 N–H and O–H groups in total. The maximum Gasteiger partial charge on any atom is 0.251 e. The van der Waals surface area contributed by atoms with Crippen molar-refractivity contribution in [2.45, 2.75) is 152 Å². The molecule has 86 heavy (non-hydrogen) atoms. The molecule has 8 rings (SSSR count). The number of β-amino-alcohol motifs (C(OH)–C–C–N with tert-alkyl or cyclic N) is 2. The van der Waals surface area contributed by atoms with Gasteiger partial charge in [0.2, 0.25) is 35.4 Å². The van der Waals surface area contributed by atoms with Crippen molar-refractivity contribution < 1.29 is 48.6 Å². The van der Waals surface area contributed by atoms with E-state index >= 15 is 0 Å². The molecule has 8 amide bonds. The highest BCUT2D eigenvalue weighted by atomic mass is 16.3. The van der Waals surface area contributed by atoms with E-state index in [1.165, 1.54) is 9.80 Å². The van der Waals surface area contributed by atoms with Crippen molar-refractivity contribution in [1.82, 2.24) is 51.5 Å². The van der Waals surface area contributed by atoms with Crippen LogP contribution < -0.4 is 31.9 Å². The van der Waals surface area contributed by atoms with E-state index in [0.29, 0.717) is 24.0 Å². The normalized spacial score (nSPS) is 20.4. The van der Waals surface area contributed by atoms with Crippen LogP contribution in [0.3, 0.4) is 0 Å². The van der Waals surface area contributed by atoms with Crippen molar-refractivity contribution >= 4 is 47.3 Å². The summed E-state index contributed by atoms with van der Waals surface area (Å²) in [5.74, 6) is -3.36. The van der Waals surface area contributed by atoms with Gasteiger partial charge in [0.15, 0.2) is 0 Å². The zero-order valence-electron chi connectivity index (χ0n) is 50.3. The van der Waals surface area contributed by atoms with Crippen molar-refractivity contribution in [2.75, 3.05) is 53.4 Å². The first kappa shape index (κ1) is 64.5. The molecule has 8 atom stereocenters. The van der Waals surface area contributed by atoms with Crippen LogP contribution >= 0.6 is 0 Å². The van der Waals surface area contributed by atoms with Crippen LogP contribution in [0.1, 0.15) is 123 Å². The third kappa shape index (κ3) is 16.9. The van der Waals surface area contributed by atoms with Crippen LogP contribution in [-0.4, -0.2) is 179 Å². The summed E-state index contributed by atoms with van der Waals surface area (Å²) in [6.45, 7) is 3.07. The molecule has 0 radical (unpaired) electrons. The van der Waals surface area contributed by atoms with Gasteiger partial charge in [0, 0.05) is 50.1 Å². The van der Waals surface area contributed by atoms with Crippen LogP contribution in [0.2, 0.25) is 0 Å². The first-order chi connectivity index (χ1) is 41.5. The summed E-state index contributed by atoms with van der Waals surface area (Å²) in [6.07, 6.45) is 6.58. The second-order valence-corrected chi connectivity index (χ2v) is 23.7. The Morgan fingerprint density at radius 2 is 0.849 bits per heavy atom. The molecule has 2 heterocycles. The molecule has 2 saturated carbocycles. The van der Waals surface area contributed by atoms with Crippen molar-refractivity contribution in [2.24, 2.45) is 11.8 Å². The van der Waals surface area contributed by atoms with Crippen molar-refractivity contribution in [1.29, 1.82) is 0 Å². The smallest absolute Gasteiger partial charge is 0.251 e. The first-order valence-corrected chi connectivity index (χ1v) is 30.9. The van der Waals surface area contributed by atoms with E-state index in [1.54, 1.807) is 86.3 Å². The fraction of sp³-hybridized carbons (Fsp3) is 0.515. The van der Waals surface area contributed by atoms with Gasteiger partial charge in [0.25, 0.3) is 11.8 Å². The largest absolute Gasteiger partial charge is 0.391 e. The van der Waals surface area contributed by atoms with Gasteiger partial charge in [-0.1, -0.05) is 123 Å². The molecule has 462 valence electrons. The van der Waals surface area contributed by atoms with Gasteiger partial charge in [-0.3, -0.25) is 38.4 Å². The summed E-state index contributed by atoms with van der Waals surface area (Å²) in [6, 6.07) is 30.1. The Balaban J connectivity index is 0.903. The molecule has 4 aliphatic rings. The van der Waals surface area contributed by atoms with Gasteiger partial charge in [-0.15, -0.1) is 0 Å². The first-order valence-electron chi connectivity index (χ1n) is 30.9. The molecular formula is C66H88N10O10. The minimum Gasteiger partial charge on any atom is -0.391 e. The average Bonchev–Trinajstić information content (AvgIpc) is 4.16. The summed E-state index contributed by atoms with van der Waals surface area (Å²) < 4.78 is 0. The Bertz CT molecular complexity index is 2730. The minimum atomic E-state index is -0.911. The number of rotatable bonds is 25. The molecule has 4 aromatic rings. The van der Waals surface area contributed by atoms with Crippen molar-refractivity contribution in [3.63, 3.8) is 0 Å². The monoisotopic (exact) mass is 1180 g/mol. The Hall–Kier alpha value is -7.52. The second kappa shape index (κ2) is 31.2. The van der Waals surface area contributed by atoms with E-state index in [2.05, 4.69) is 31.9 Å². The van der Waals surface area contributed by atoms with Gasteiger partial charge < -0.3 is 61.7 Å². The number of likely N-dealkylation sites (tertiary alicyclic amines) is 2. The summed E-state index contributed by atoms with van der Waals surface area (Å²) in [5.41, 5.74) is 4.01. The highest BCUT2D eigenvalue weighted by molar-refractivity contribution is 5.98. The van der Waals surface area contributed by atoms with Crippen LogP contribution in [0.5, 0.6) is 0 Å². The van der Waals surface area contributed by atoms with Gasteiger partial charge in [-0.2, -0.15) is 0 Å². The molecule has 2 aliphatic heterocycles. The van der Waals surface area contributed by atoms with Crippen molar-refractivity contribution in [3.05, 3.63) is 131 Å². The molecule has 2 aliphatic carbocycles. The quantitative estimate of drug-likeness (QED) is 0.0466. The van der Waals surface area contributed by atoms with Crippen LogP contribution in [0, 0.1) is 11.8 Å². The van der Waals surface area contributed by atoms with Crippen molar-refractivity contribution in [3.8, 4) is 11.1 Å². The predicted octanol–water partition coefficient (Wildman–Crippen LogP) is 4.14. The van der Waals surface area contributed by atoms with E-state index in [0.717, 1.165) is 86.5 Å². The number of aliphatic hydroxyl groups is 2. The lowest BCUT2D eigenvalue weighted by molar-refractivity contribution is -0.148. The van der Waals surface area contributed by atoms with Crippen LogP contribution in [0.15, 0.2) is 109 Å². The molecule has 2 unspecified atom stereocenters. The Labute approximate surface area is 505 Å². The topological polar surface area (TPSA) is 262 Å². The zero-order chi connectivity index (χ0) is 61.3. The van der Waals surface area contributed by atoms with E-state index in [9.17, 15) is 48.6 Å². The number of hydrogen-bond donors (Lipinski definition) is 8. The minimum absolute atomic E-state index is 0.00938. The van der Waals surface area contributed by atoms with E-state index < -0.39 is 72.3 Å². The number of carbonyl (C=O) groups is 8. The van der Waals surface area contributed by atoms with E-state index in [-0.39, 0.29) is 87.6 Å². The highest BCUT2D eigenvalue weighted by Gasteiger charge is 2.46. The molecule has 20 nitrogen and oxygen atoms in total. The maximum atomic E-state index is 14.7. The SMILES string of the molecule is CN[C@@H](C)C(=O)N[C@H](C(=O)N1C[C@@H](O)CC1N(CCc1ccccc1)C(=O)CNC(=O)c1ccc(-c2ccc(C(=O)NCC(=O)N(CCc3ccccc3)C3C[C@H](O)CN3C(=O)[C@@H](NC(=O)[C@H](C)NC)C3CCCCC3)cc2)cc1)C1CCCCC1. The highest BCUT2D eigenvalue weighted by Crippen LogP contribution is 2.33. The number of amides is 8. The number of carbonyl (C=O) groups excluding carboxylic acids is 8. The fourth-order valence-corrected chi connectivity index (χ4v) is 12.5. The Kier molecular flexibility index (Phi) is 23.4. The van der Waals surface area contributed by atoms with Crippen LogP contribution in [0.25, 0.3) is 11.1 Å². The number of aliphatic hydroxyl groups excluding tert-OH is 2. The summed E-state index contributed by atoms with van der Waals surface area (Å²) in [7, 11) is 3.36. The average molecular weight is 1180 g/mol.